The Morgan fingerprint density at radius 3 is 2.77 bits per heavy atom. The molecule has 1 atom stereocenters. The second-order valence-electron chi connectivity index (χ2n) is 4.67. The van der Waals surface area contributed by atoms with E-state index in [1.165, 1.54) is 11.8 Å². The molecule has 7 heteroatoms. The number of nitrogens with zero attached hydrogens (tertiary/aromatic N) is 3. The monoisotopic (exact) mass is 332 g/mol. The number of amides is 1. The van der Waals surface area contributed by atoms with Gasteiger partial charge in [-0.2, -0.15) is 0 Å². The maximum absolute atomic E-state index is 12.2. The summed E-state index contributed by atoms with van der Waals surface area (Å²) in [7, 11) is 0. The summed E-state index contributed by atoms with van der Waals surface area (Å²) >= 11 is 7.19. The molecule has 3 rings (SSSR count). The number of benzene rings is 1. The lowest BCUT2D eigenvalue weighted by Crippen LogP contribution is -2.22. The van der Waals surface area contributed by atoms with Crippen LogP contribution in [0.25, 0.3) is 5.65 Å². The van der Waals surface area contributed by atoms with Crippen LogP contribution in [-0.4, -0.2) is 25.8 Å². The molecule has 0 fully saturated rings. The highest BCUT2D eigenvalue weighted by Crippen LogP contribution is 2.23. The van der Waals surface area contributed by atoms with Crippen molar-refractivity contribution in [3.8, 4) is 0 Å². The zero-order valence-electron chi connectivity index (χ0n) is 11.7. The maximum Gasteiger partial charge on any atom is 0.237 e. The molecule has 0 unspecified atom stereocenters. The minimum absolute atomic E-state index is 0.0972. The first-order valence-electron chi connectivity index (χ1n) is 6.66. The fourth-order valence-electron chi connectivity index (χ4n) is 1.89. The molecular formula is C15H13ClN4OS. The van der Waals surface area contributed by atoms with Gasteiger partial charge in [-0.3, -0.25) is 9.20 Å². The lowest BCUT2D eigenvalue weighted by atomic mass is 10.3. The van der Waals surface area contributed by atoms with Crippen molar-refractivity contribution in [2.45, 2.75) is 17.3 Å². The topological polar surface area (TPSA) is 59.3 Å². The van der Waals surface area contributed by atoms with E-state index in [-0.39, 0.29) is 11.2 Å². The number of halogens is 1. The number of thioether (sulfide) groups is 1. The molecule has 22 heavy (non-hydrogen) atoms. The van der Waals surface area contributed by atoms with Crippen LogP contribution in [0.4, 0.5) is 5.69 Å². The zero-order valence-corrected chi connectivity index (χ0v) is 13.3. The molecule has 2 aromatic heterocycles. The summed E-state index contributed by atoms with van der Waals surface area (Å²) in [6, 6.07) is 12.7. The van der Waals surface area contributed by atoms with Gasteiger partial charge in [0.25, 0.3) is 0 Å². The number of hydrogen-bond donors (Lipinski definition) is 1. The fourth-order valence-corrected chi connectivity index (χ4v) is 2.85. The van der Waals surface area contributed by atoms with Crippen LogP contribution in [0.3, 0.4) is 0 Å². The maximum atomic E-state index is 12.2. The molecule has 5 nitrogen and oxygen atoms in total. The average Bonchev–Trinajstić information content (AvgIpc) is 2.93. The van der Waals surface area contributed by atoms with E-state index in [1.54, 1.807) is 24.3 Å². The number of hydrogen-bond acceptors (Lipinski definition) is 4. The van der Waals surface area contributed by atoms with Crippen molar-refractivity contribution in [3.63, 3.8) is 0 Å². The summed E-state index contributed by atoms with van der Waals surface area (Å²) in [5.74, 6) is -0.0972. The van der Waals surface area contributed by atoms with Gasteiger partial charge in [0.1, 0.15) is 0 Å². The summed E-state index contributed by atoms with van der Waals surface area (Å²) in [5, 5.41) is 12.1. The van der Waals surface area contributed by atoms with Gasteiger partial charge in [0.2, 0.25) is 5.91 Å². The molecule has 1 amide bonds. The molecular weight excluding hydrogens is 320 g/mol. The minimum Gasteiger partial charge on any atom is -0.325 e. The number of pyridine rings is 1. The van der Waals surface area contributed by atoms with Crippen molar-refractivity contribution in [1.29, 1.82) is 0 Å². The van der Waals surface area contributed by atoms with Crippen molar-refractivity contribution in [2.24, 2.45) is 0 Å². The molecule has 0 saturated heterocycles. The normalized spacial score (nSPS) is 12.3. The van der Waals surface area contributed by atoms with E-state index in [4.69, 9.17) is 11.6 Å². The number of rotatable bonds is 4. The molecule has 2 heterocycles. The van der Waals surface area contributed by atoms with Gasteiger partial charge < -0.3 is 5.32 Å². The Bertz CT molecular complexity index is 803. The quantitative estimate of drug-likeness (QED) is 0.743. The van der Waals surface area contributed by atoms with Gasteiger partial charge in [0, 0.05) is 16.9 Å². The summed E-state index contributed by atoms with van der Waals surface area (Å²) in [5.41, 5.74) is 1.48. The van der Waals surface area contributed by atoms with Crippen LogP contribution < -0.4 is 5.32 Å². The van der Waals surface area contributed by atoms with Crippen LogP contribution in [-0.2, 0) is 4.79 Å². The van der Waals surface area contributed by atoms with E-state index in [0.29, 0.717) is 15.9 Å². The van der Waals surface area contributed by atoms with Gasteiger partial charge in [-0.05, 0) is 43.3 Å². The lowest BCUT2D eigenvalue weighted by Gasteiger charge is -2.11. The zero-order chi connectivity index (χ0) is 15.5. The molecule has 0 bridgehead atoms. The van der Waals surface area contributed by atoms with Gasteiger partial charge in [0.05, 0.1) is 5.25 Å². The van der Waals surface area contributed by atoms with Gasteiger partial charge >= 0.3 is 0 Å². The van der Waals surface area contributed by atoms with E-state index in [9.17, 15) is 4.79 Å². The van der Waals surface area contributed by atoms with Gasteiger partial charge in [-0.1, -0.05) is 29.4 Å². The van der Waals surface area contributed by atoms with Crippen LogP contribution >= 0.6 is 23.4 Å². The molecule has 112 valence electrons. The number of anilines is 1. The van der Waals surface area contributed by atoms with Crippen molar-refractivity contribution >= 4 is 40.6 Å². The van der Waals surface area contributed by atoms with Crippen LogP contribution in [0.2, 0.25) is 5.02 Å². The first-order valence-corrected chi connectivity index (χ1v) is 7.92. The molecule has 0 saturated carbocycles. The van der Waals surface area contributed by atoms with E-state index in [0.717, 1.165) is 5.65 Å². The largest absolute Gasteiger partial charge is 0.325 e. The predicted octanol–water partition coefficient (Wildman–Crippen LogP) is 3.50. The van der Waals surface area contributed by atoms with Gasteiger partial charge in [0.15, 0.2) is 10.8 Å². The Balaban J connectivity index is 1.69. The van der Waals surface area contributed by atoms with Crippen molar-refractivity contribution in [3.05, 3.63) is 53.7 Å². The fraction of sp³-hybridized carbons (Fsp3) is 0.133. The standard InChI is InChI=1S/C15H13ClN4OS/c1-10(14(21)17-12-7-5-11(16)6-8-12)22-15-19-18-13-4-2-3-9-20(13)15/h2-10H,1H3,(H,17,21)/t10-/m0/s1. The Labute approximate surface area is 136 Å². The van der Waals surface area contributed by atoms with Crippen LogP contribution in [0, 0.1) is 0 Å². The SMILES string of the molecule is C[C@H](Sc1nnc2ccccn12)C(=O)Nc1ccc(Cl)cc1. The average molecular weight is 333 g/mol. The number of fused-ring (bicyclic) bond motifs is 1. The van der Waals surface area contributed by atoms with E-state index < -0.39 is 0 Å². The highest BCUT2D eigenvalue weighted by atomic mass is 35.5. The Morgan fingerprint density at radius 2 is 2.00 bits per heavy atom. The highest BCUT2D eigenvalue weighted by Gasteiger charge is 2.17. The molecule has 0 spiro atoms. The summed E-state index contributed by atoms with van der Waals surface area (Å²) in [6.07, 6.45) is 1.88. The second-order valence-corrected chi connectivity index (χ2v) is 6.41. The highest BCUT2D eigenvalue weighted by molar-refractivity contribution is 8.00. The van der Waals surface area contributed by atoms with Crippen LogP contribution in [0.5, 0.6) is 0 Å². The second kappa shape index (κ2) is 6.37. The summed E-state index contributed by atoms with van der Waals surface area (Å²) in [6.45, 7) is 1.83. The molecule has 3 aromatic rings. The Hall–Kier alpha value is -2.05. The number of carbonyl (C=O) groups excluding carboxylic acids is 1. The summed E-state index contributed by atoms with van der Waals surface area (Å²) in [4.78, 5) is 12.2. The third kappa shape index (κ3) is 3.23. The van der Waals surface area contributed by atoms with Crippen LogP contribution in [0.15, 0.2) is 53.8 Å². The van der Waals surface area contributed by atoms with Crippen molar-refractivity contribution in [2.75, 3.05) is 5.32 Å². The predicted molar refractivity (Wildman–Crippen MR) is 88.4 cm³/mol. The molecule has 0 aliphatic heterocycles. The molecule has 1 aromatic carbocycles. The molecule has 0 aliphatic carbocycles. The van der Waals surface area contributed by atoms with E-state index >= 15 is 0 Å². The van der Waals surface area contributed by atoms with E-state index in [1.807, 2.05) is 35.7 Å². The Morgan fingerprint density at radius 1 is 1.23 bits per heavy atom. The first kappa shape index (κ1) is 14.9. The van der Waals surface area contributed by atoms with E-state index in [2.05, 4.69) is 15.5 Å². The van der Waals surface area contributed by atoms with Crippen molar-refractivity contribution in [1.82, 2.24) is 14.6 Å². The minimum atomic E-state index is -0.303. The van der Waals surface area contributed by atoms with Crippen LogP contribution in [0.1, 0.15) is 6.92 Å². The lowest BCUT2D eigenvalue weighted by molar-refractivity contribution is -0.115. The molecule has 0 aliphatic rings. The van der Waals surface area contributed by atoms with Gasteiger partial charge in [-0.15, -0.1) is 10.2 Å². The van der Waals surface area contributed by atoms with Gasteiger partial charge in [-0.25, -0.2) is 0 Å². The smallest absolute Gasteiger partial charge is 0.237 e. The Kier molecular flexibility index (Phi) is 4.31. The third-order valence-corrected chi connectivity index (χ3v) is 4.35. The number of aromatic nitrogens is 3. The number of carbonyl (C=O) groups is 1. The summed E-state index contributed by atoms with van der Waals surface area (Å²) < 4.78 is 1.86. The first-order chi connectivity index (χ1) is 10.6. The number of nitrogens with one attached hydrogen (secondary N) is 1. The molecule has 1 N–H and O–H groups in total. The molecule has 0 radical (unpaired) electrons. The third-order valence-electron chi connectivity index (χ3n) is 3.05. The van der Waals surface area contributed by atoms with Crippen molar-refractivity contribution < 1.29 is 4.79 Å².